The highest BCUT2D eigenvalue weighted by Gasteiger charge is 2.18. The summed E-state index contributed by atoms with van der Waals surface area (Å²) in [6, 6.07) is 11.9. The van der Waals surface area contributed by atoms with Gasteiger partial charge in [-0.15, -0.1) is 0 Å². The summed E-state index contributed by atoms with van der Waals surface area (Å²) >= 11 is 0. The number of hydrogen-bond acceptors (Lipinski definition) is 3. The van der Waals surface area contributed by atoms with Crippen molar-refractivity contribution in [2.45, 2.75) is 0 Å². The van der Waals surface area contributed by atoms with Crippen LogP contribution in [0.25, 0.3) is 22.4 Å². The molecule has 0 atom stereocenters. The second kappa shape index (κ2) is 4.91. The minimum atomic E-state index is -0.395. The number of nitriles is 1. The number of aromatic nitrogens is 2. The van der Waals surface area contributed by atoms with Crippen LogP contribution < -0.4 is 4.74 Å². The Bertz CT molecular complexity index is 877. The predicted molar refractivity (Wildman–Crippen MR) is 77.4 cm³/mol. The molecule has 0 saturated carbocycles. The van der Waals surface area contributed by atoms with Crippen LogP contribution in [0.3, 0.4) is 0 Å². The number of ether oxygens (including phenoxy) is 1. The maximum Gasteiger partial charge on any atom is 0.147 e. The second-order valence-corrected chi connectivity index (χ2v) is 4.63. The van der Waals surface area contributed by atoms with Crippen LogP contribution in [0.1, 0.15) is 5.56 Å². The Kier molecular flexibility index (Phi) is 3.07. The molecule has 0 spiro atoms. The Balaban J connectivity index is 2.32. The molecule has 104 valence electrons. The lowest BCUT2D eigenvalue weighted by molar-refractivity contribution is 0.413. The van der Waals surface area contributed by atoms with E-state index in [-0.39, 0.29) is 0 Å². The van der Waals surface area contributed by atoms with Gasteiger partial charge in [-0.3, -0.25) is 0 Å². The monoisotopic (exact) mass is 281 g/mol. The zero-order chi connectivity index (χ0) is 15.0. The molecule has 0 aliphatic heterocycles. The number of hydrogen-bond donors (Lipinski definition) is 0. The number of benzene rings is 2. The molecule has 0 aliphatic rings. The van der Waals surface area contributed by atoms with Gasteiger partial charge in [0.25, 0.3) is 0 Å². The van der Waals surface area contributed by atoms with Crippen molar-refractivity contribution in [3.05, 3.63) is 47.8 Å². The molecule has 1 aromatic heterocycles. The molecule has 3 rings (SSSR count). The minimum Gasteiger partial charge on any atom is -0.496 e. The average Bonchev–Trinajstić information content (AvgIpc) is 2.83. The fraction of sp³-hybridized carbons (Fsp3) is 0.125. The van der Waals surface area contributed by atoms with Gasteiger partial charge in [-0.25, -0.2) is 9.37 Å². The largest absolute Gasteiger partial charge is 0.496 e. The van der Waals surface area contributed by atoms with Gasteiger partial charge >= 0.3 is 0 Å². The van der Waals surface area contributed by atoms with Crippen molar-refractivity contribution in [2.75, 3.05) is 7.11 Å². The normalized spacial score (nSPS) is 10.6. The van der Waals surface area contributed by atoms with Gasteiger partial charge in [0.1, 0.15) is 17.4 Å². The molecule has 0 fully saturated rings. The molecule has 0 unspecified atom stereocenters. The maximum atomic E-state index is 14.2. The standard InChI is InChI=1S/C16H12FN3O/c1-20-13-7-6-10(9-18)8-12(13)19-16(20)15-11(17)4-3-5-14(15)21-2/h3-8H,1-2H3. The predicted octanol–water partition coefficient (Wildman–Crippen LogP) is 3.26. The summed E-state index contributed by atoms with van der Waals surface area (Å²) in [5.41, 5.74) is 2.32. The third-order valence-corrected chi connectivity index (χ3v) is 3.43. The number of aryl methyl sites for hydroxylation is 1. The number of nitrogens with zero attached hydrogens (tertiary/aromatic N) is 3. The summed E-state index contributed by atoms with van der Waals surface area (Å²) in [6.07, 6.45) is 0. The fourth-order valence-corrected chi connectivity index (χ4v) is 2.38. The van der Waals surface area contributed by atoms with E-state index < -0.39 is 5.82 Å². The van der Waals surface area contributed by atoms with Crippen molar-refractivity contribution in [3.63, 3.8) is 0 Å². The summed E-state index contributed by atoms with van der Waals surface area (Å²) < 4.78 is 21.2. The van der Waals surface area contributed by atoms with Gasteiger partial charge < -0.3 is 9.30 Å². The highest BCUT2D eigenvalue weighted by molar-refractivity contribution is 5.83. The zero-order valence-corrected chi connectivity index (χ0v) is 11.6. The summed E-state index contributed by atoms with van der Waals surface area (Å²) in [7, 11) is 3.30. The number of imidazole rings is 1. The first-order valence-electron chi connectivity index (χ1n) is 6.35. The van der Waals surface area contributed by atoms with Gasteiger partial charge in [-0.2, -0.15) is 5.26 Å². The lowest BCUT2D eigenvalue weighted by Crippen LogP contribution is -1.98. The highest BCUT2D eigenvalue weighted by atomic mass is 19.1. The Labute approximate surface area is 121 Å². The number of rotatable bonds is 2. The van der Waals surface area contributed by atoms with E-state index in [0.717, 1.165) is 5.52 Å². The van der Waals surface area contributed by atoms with Crippen LogP contribution in [0.15, 0.2) is 36.4 Å². The lowest BCUT2D eigenvalue weighted by atomic mass is 10.1. The Morgan fingerprint density at radius 1 is 1.29 bits per heavy atom. The molecule has 4 nitrogen and oxygen atoms in total. The van der Waals surface area contributed by atoms with Crippen LogP contribution >= 0.6 is 0 Å². The topological polar surface area (TPSA) is 50.8 Å². The van der Waals surface area contributed by atoms with E-state index in [9.17, 15) is 4.39 Å². The van der Waals surface area contributed by atoms with Crippen molar-refractivity contribution in [2.24, 2.45) is 7.05 Å². The molecule has 1 heterocycles. The SMILES string of the molecule is COc1cccc(F)c1-c1nc2cc(C#N)ccc2n1C. The van der Waals surface area contributed by atoms with Crippen LogP contribution in [0.5, 0.6) is 5.75 Å². The summed E-state index contributed by atoms with van der Waals surface area (Å²) in [6.45, 7) is 0. The first-order valence-corrected chi connectivity index (χ1v) is 6.35. The Hall–Kier alpha value is -2.87. The molecular weight excluding hydrogens is 269 g/mol. The molecule has 0 saturated heterocycles. The second-order valence-electron chi connectivity index (χ2n) is 4.63. The fourth-order valence-electron chi connectivity index (χ4n) is 2.38. The zero-order valence-electron chi connectivity index (χ0n) is 11.6. The molecule has 21 heavy (non-hydrogen) atoms. The van der Waals surface area contributed by atoms with Crippen molar-refractivity contribution < 1.29 is 9.13 Å². The molecule has 3 aromatic rings. The lowest BCUT2D eigenvalue weighted by Gasteiger charge is -2.09. The molecule has 0 radical (unpaired) electrons. The van der Waals surface area contributed by atoms with E-state index in [2.05, 4.69) is 11.1 Å². The molecule has 0 bridgehead atoms. The molecular formula is C16H12FN3O. The smallest absolute Gasteiger partial charge is 0.147 e. The summed E-state index contributed by atoms with van der Waals surface area (Å²) in [4.78, 5) is 4.45. The van der Waals surface area contributed by atoms with Crippen molar-refractivity contribution in [3.8, 4) is 23.2 Å². The van der Waals surface area contributed by atoms with Crippen molar-refractivity contribution in [1.82, 2.24) is 9.55 Å². The van der Waals surface area contributed by atoms with Crippen LogP contribution in [0.4, 0.5) is 4.39 Å². The van der Waals surface area contributed by atoms with E-state index in [1.165, 1.54) is 13.2 Å². The van der Waals surface area contributed by atoms with Gasteiger partial charge in [0, 0.05) is 7.05 Å². The van der Waals surface area contributed by atoms with E-state index >= 15 is 0 Å². The molecule has 0 amide bonds. The molecule has 2 aromatic carbocycles. The van der Waals surface area contributed by atoms with Crippen molar-refractivity contribution >= 4 is 11.0 Å². The maximum absolute atomic E-state index is 14.2. The third-order valence-electron chi connectivity index (χ3n) is 3.43. The number of methoxy groups -OCH3 is 1. The van der Waals surface area contributed by atoms with Gasteiger partial charge in [-0.05, 0) is 30.3 Å². The van der Waals surface area contributed by atoms with Gasteiger partial charge in [-0.1, -0.05) is 6.07 Å². The van der Waals surface area contributed by atoms with E-state index in [4.69, 9.17) is 10.00 Å². The third kappa shape index (κ3) is 2.01. The van der Waals surface area contributed by atoms with Crippen molar-refractivity contribution in [1.29, 1.82) is 5.26 Å². The van der Waals surface area contributed by atoms with Gasteiger partial charge in [0.15, 0.2) is 0 Å². The average molecular weight is 281 g/mol. The first-order chi connectivity index (χ1) is 10.2. The summed E-state index contributed by atoms with van der Waals surface area (Å²) in [5, 5.41) is 8.95. The van der Waals surface area contributed by atoms with Gasteiger partial charge in [0.2, 0.25) is 0 Å². The minimum absolute atomic E-state index is 0.317. The number of halogens is 1. The quantitative estimate of drug-likeness (QED) is 0.724. The molecule has 0 N–H and O–H groups in total. The van der Waals surface area contributed by atoms with Crippen LogP contribution in [-0.4, -0.2) is 16.7 Å². The van der Waals surface area contributed by atoms with Crippen LogP contribution in [0.2, 0.25) is 0 Å². The summed E-state index contributed by atoms with van der Waals surface area (Å²) in [5.74, 6) is 0.497. The highest BCUT2D eigenvalue weighted by Crippen LogP contribution is 2.33. The van der Waals surface area contributed by atoms with E-state index in [1.807, 2.05) is 7.05 Å². The van der Waals surface area contributed by atoms with E-state index in [1.54, 1.807) is 34.9 Å². The molecule has 0 aliphatic carbocycles. The Morgan fingerprint density at radius 3 is 2.81 bits per heavy atom. The number of fused-ring (bicyclic) bond motifs is 1. The van der Waals surface area contributed by atoms with Gasteiger partial charge in [0.05, 0.1) is 35.3 Å². The van der Waals surface area contributed by atoms with Crippen LogP contribution in [0, 0.1) is 17.1 Å². The Morgan fingerprint density at radius 2 is 2.10 bits per heavy atom. The molecule has 5 heteroatoms. The van der Waals surface area contributed by atoms with Crippen LogP contribution in [-0.2, 0) is 7.05 Å². The first kappa shape index (κ1) is 13.1. The van der Waals surface area contributed by atoms with E-state index in [0.29, 0.717) is 28.2 Å².